The molecule has 0 heterocycles. The van der Waals surface area contributed by atoms with Gasteiger partial charge in [-0.15, -0.1) is 0 Å². The fourth-order valence-corrected chi connectivity index (χ4v) is 3.34. The predicted molar refractivity (Wildman–Crippen MR) is 87.8 cm³/mol. The topological polar surface area (TPSA) is 12.0 Å². The van der Waals surface area contributed by atoms with Gasteiger partial charge in [0.2, 0.25) is 0 Å². The molecule has 0 bridgehead atoms. The molecule has 3 rings (SSSR count). The van der Waals surface area contributed by atoms with Gasteiger partial charge in [-0.25, -0.2) is 0 Å². The highest BCUT2D eigenvalue weighted by molar-refractivity contribution is 9.10. The second-order valence-electron chi connectivity index (χ2n) is 5.58. The maximum atomic E-state index is 3.80. The van der Waals surface area contributed by atoms with E-state index in [1.807, 2.05) is 0 Å². The van der Waals surface area contributed by atoms with E-state index in [-0.39, 0.29) is 0 Å². The number of hydrogen-bond acceptors (Lipinski definition) is 1. The van der Waals surface area contributed by atoms with Gasteiger partial charge in [0.25, 0.3) is 0 Å². The van der Waals surface area contributed by atoms with Crippen LogP contribution < -0.4 is 5.32 Å². The Kier molecular flexibility index (Phi) is 4.23. The van der Waals surface area contributed by atoms with E-state index >= 15 is 0 Å². The number of aryl methyl sites for hydroxylation is 1. The summed E-state index contributed by atoms with van der Waals surface area (Å²) >= 11 is 3.49. The van der Waals surface area contributed by atoms with Gasteiger partial charge in [-0.3, -0.25) is 0 Å². The minimum atomic E-state index is 0.374. The van der Waals surface area contributed by atoms with Crippen molar-refractivity contribution in [1.82, 2.24) is 5.32 Å². The van der Waals surface area contributed by atoms with Crippen molar-refractivity contribution in [3.63, 3.8) is 0 Å². The third-order valence-electron chi connectivity index (χ3n) is 4.19. The van der Waals surface area contributed by atoms with Crippen LogP contribution in [0, 0.1) is 0 Å². The molecule has 0 fully saturated rings. The molecular weight excluding hydrogens is 310 g/mol. The summed E-state index contributed by atoms with van der Waals surface area (Å²) in [6.07, 6.45) is 3.74. The molecule has 1 nitrogen and oxygen atoms in total. The van der Waals surface area contributed by atoms with Crippen LogP contribution in [0.15, 0.2) is 53.0 Å². The molecule has 0 saturated carbocycles. The molecule has 20 heavy (non-hydrogen) atoms. The van der Waals surface area contributed by atoms with E-state index in [0.717, 1.165) is 4.47 Å². The van der Waals surface area contributed by atoms with Crippen molar-refractivity contribution >= 4 is 15.9 Å². The fraction of sp³-hybridized carbons (Fsp3) is 0.333. The highest BCUT2D eigenvalue weighted by Crippen LogP contribution is 2.31. The zero-order valence-electron chi connectivity index (χ0n) is 11.8. The first-order valence-electron chi connectivity index (χ1n) is 7.33. The maximum absolute atomic E-state index is 3.80. The third kappa shape index (κ3) is 2.97. The number of fused-ring (bicyclic) bond motifs is 1. The molecule has 2 unspecified atom stereocenters. The average molecular weight is 330 g/mol. The highest BCUT2D eigenvalue weighted by atomic mass is 79.9. The SMILES string of the molecule is CC(NC1CCCc2ccccc21)c1ccc(Br)cc1. The fourth-order valence-electron chi connectivity index (χ4n) is 3.08. The Morgan fingerprint density at radius 2 is 1.85 bits per heavy atom. The van der Waals surface area contributed by atoms with Crippen LogP contribution in [0.4, 0.5) is 0 Å². The van der Waals surface area contributed by atoms with Gasteiger partial charge in [0.15, 0.2) is 0 Å². The lowest BCUT2D eigenvalue weighted by Crippen LogP contribution is -2.27. The molecular formula is C18H20BrN. The first kappa shape index (κ1) is 13.8. The first-order chi connectivity index (χ1) is 9.74. The molecule has 104 valence electrons. The van der Waals surface area contributed by atoms with Crippen LogP contribution in [0.5, 0.6) is 0 Å². The lowest BCUT2D eigenvalue weighted by Gasteiger charge is -2.29. The molecule has 1 N–H and O–H groups in total. The summed E-state index contributed by atoms with van der Waals surface area (Å²) in [5.74, 6) is 0. The van der Waals surface area contributed by atoms with Crippen molar-refractivity contribution in [2.24, 2.45) is 0 Å². The Balaban J connectivity index is 1.77. The van der Waals surface area contributed by atoms with Gasteiger partial charge < -0.3 is 5.32 Å². The molecule has 0 aliphatic heterocycles. The van der Waals surface area contributed by atoms with Crippen molar-refractivity contribution in [2.75, 3.05) is 0 Å². The maximum Gasteiger partial charge on any atom is 0.0328 e. The van der Waals surface area contributed by atoms with Crippen LogP contribution in [0.25, 0.3) is 0 Å². The Morgan fingerprint density at radius 3 is 2.65 bits per heavy atom. The van der Waals surface area contributed by atoms with Crippen molar-refractivity contribution in [3.05, 3.63) is 69.7 Å². The van der Waals surface area contributed by atoms with Crippen LogP contribution >= 0.6 is 15.9 Å². The number of halogens is 1. The Hall–Kier alpha value is -1.12. The normalized spacial score (nSPS) is 19.4. The number of rotatable bonds is 3. The van der Waals surface area contributed by atoms with Crippen LogP contribution in [-0.2, 0) is 6.42 Å². The molecule has 2 aromatic carbocycles. The van der Waals surface area contributed by atoms with Crippen molar-refractivity contribution in [2.45, 2.75) is 38.3 Å². The molecule has 0 saturated heterocycles. The molecule has 2 atom stereocenters. The minimum Gasteiger partial charge on any atom is -0.303 e. The molecule has 0 aromatic heterocycles. The second kappa shape index (κ2) is 6.11. The van der Waals surface area contributed by atoms with Crippen LogP contribution in [-0.4, -0.2) is 0 Å². The number of benzene rings is 2. The molecule has 1 aliphatic carbocycles. The largest absolute Gasteiger partial charge is 0.303 e. The van der Waals surface area contributed by atoms with Crippen LogP contribution in [0.1, 0.15) is 48.5 Å². The van der Waals surface area contributed by atoms with Crippen molar-refractivity contribution in [3.8, 4) is 0 Å². The molecule has 0 radical (unpaired) electrons. The standard InChI is InChI=1S/C18H20BrN/c1-13(14-9-11-16(19)12-10-14)20-18-8-4-6-15-5-2-3-7-17(15)18/h2-3,5,7,9-13,18,20H,4,6,8H2,1H3. The van der Waals surface area contributed by atoms with Gasteiger partial charge in [-0.2, -0.15) is 0 Å². The van der Waals surface area contributed by atoms with E-state index in [1.54, 1.807) is 0 Å². The molecule has 2 heteroatoms. The molecule has 1 aliphatic rings. The lowest BCUT2D eigenvalue weighted by atomic mass is 9.87. The van der Waals surface area contributed by atoms with Crippen LogP contribution in [0.2, 0.25) is 0 Å². The summed E-state index contributed by atoms with van der Waals surface area (Å²) in [6.45, 7) is 2.25. The van der Waals surface area contributed by atoms with Gasteiger partial charge in [-0.05, 0) is 55.0 Å². The van der Waals surface area contributed by atoms with Crippen molar-refractivity contribution in [1.29, 1.82) is 0 Å². The van der Waals surface area contributed by atoms with E-state index in [2.05, 4.69) is 76.7 Å². The van der Waals surface area contributed by atoms with Crippen molar-refractivity contribution < 1.29 is 0 Å². The monoisotopic (exact) mass is 329 g/mol. The first-order valence-corrected chi connectivity index (χ1v) is 8.12. The minimum absolute atomic E-state index is 0.374. The molecule has 0 amide bonds. The van der Waals surface area contributed by atoms with E-state index in [0.29, 0.717) is 12.1 Å². The zero-order valence-corrected chi connectivity index (χ0v) is 13.4. The number of hydrogen-bond donors (Lipinski definition) is 1. The summed E-state index contributed by atoms with van der Waals surface area (Å²) in [6, 6.07) is 18.3. The van der Waals surface area contributed by atoms with Gasteiger partial charge in [0.1, 0.15) is 0 Å². The van der Waals surface area contributed by atoms with E-state index in [4.69, 9.17) is 0 Å². The Morgan fingerprint density at radius 1 is 1.10 bits per heavy atom. The molecule has 0 spiro atoms. The summed E-state index contributed by atoms with van der Waals surface area (Å²) in [4.78, 5) is 0. The lowest BCUT2D eigenvalue weighted by molar-refractivity contribution is 0.415. The summed E-state index contributed by atoms with van der Waals surface area (Å²) in [5.41, 5.74) is 4.35. The summed E-state index contributed by atoms with van der Waals surface area (Å²) in [5, 5.41) is 3.80. The average Bonchev–Trinajstić information content (AvgIpc) is 2.48. The van der Waals surface area contributed by atoms with E-state index in [9.17, 15) is 0 Å². The predicted octanol–water partition coefficient (Wildman–Crippen LogP) is 5.18. The zero-order chi connectivity index (χ0) is 13.9. The Labute approximate surface area is 129 Å². The van der Waals surface area contributed by atoms with Gasteiger partial charge in [-0.1, -0.05) is 52.3 Å². The van der Waals surface area contributed by atoms with E-state index in [1.165, 1.54) is 36.0 Å². The second-order valence-corrected chi connectivity index (χ2v) is 6.50. The third-order valence-corrected chi connectivity index (χ3v) is 4.72. The quantitative estimate of drug-likeness (QED) is 0.818. The number of nitrogens with one attached hydrogen (secondary N) is 1. The van der Waals surface area contributed by atoms with Gasteiger partial charge >= 0.3 is 0 Å². The smallest absolute Gasteiger partial charge is 0.0328 e. The van der Waals surface area contributed by atoms with Gasteiger partial charge in [0.05, 0.1) is 0 Å². The van der Waals surface area contributed by atoms with Gasteiger partial charge in [0, 0.05) is 16.6 Å². The van der Waals surface area contributed by atoms with Crippen LogP contribution in [0.3, 0.4) is 0 Å². The summed E-state index contributed by atoms with van der Waals surface area (Å²) < 4.78 is 1.14. The Bertz CT molecular complexity index is 576. The summed E-state index contributed by atoms with van der Waals surface area (Å²) in [7, 11) is 0. The highest BCUT2D eigenvalue weighted by Gasteiger charge is 2.21. The molecule has 2 aromatic rings. The van der Waals surface area contributed by atoms with E-state index < -0.39 is 0 Å².